The van der Waals surface area contributed by atoms with Gasteiger partial charge in [-0.3, -0.25) is 9.47 Å². The van der Waals surface area contributed by atoms with E-state index in [0.717, 1.165) is 26.9 Å². The number of pyridine rings is 1. The number of ether oxygens (including phenoxy) is 1. The maximum Gasteiger partial charge on any atom is 0.415 e. The fourth-order valence-corrected chi connectivity index (χ4v) is 3.53. The molecule has 0 N–H and O–H groups in total. The molecule has 0 radical (unpaired) electrons. The van der Waals surface area contributed by atoms with Gasteiger partial charge in [-0.15, -0.1) is 0 Å². The van der Waals surface area contributed by atoms with Crippen LogP contribution < -0.4 is 4.90 Å². The van der Waals surface area contributed by atoms with Gasteiger partial charge in [-0.1, -0.05) is 11.3 Å². The highest BCUT2D eigenvalue weighted by atomic mass is 32.1. The summed E-state index contributed by atoms with van der Waals surface area (Å²) in [6.07, 6.45) is -0.429. The van der Waals surface area contributed by atoms with Gasteiger partial charge in [0.15, 0.2) is 5.13 Å². The highest BCUT2D eigenvalue weighted by molar-refractivity contribution is 7.20. The van der Waals surface area contributed by atoms with Crippen LogP contribution in [0.3, 0.4) is 0 Å². The number of nitrogens with zero attached hydrogens (tertiary/aromatic N) is 4. The first-order valence-electron chi connectivity index (χ1n) is 8.05. The van der Waals surface area contributed by atoms with Crippen LogP contribution in [0.2, 0.25) is 0 Å². The van der Waals surface area contributed by atoms with E-state index in [4.69, 9.17) is 4.74 Å². The first-order chi connectivity index (χ1) is 11.7. The number of fused-ring (bicyclic) bond motifs is 1. The molecule has 0 saturated heterocycles. The standard InChI is InChI=1S/C18H22N4O2S/c1-11-7-8-12(2)22(11)16-19-13-9-10-14(20-15(13)25-16)21(6)17(23)24-18(3,4)5/h7-10H,1-6H3. The molecule has 3 heterocycles. The van der Waals surface area contributed by atoms with Crippen molar-refractivity contribution >= 4 is 33.6 Å². The molecule has 0 aliphatic heterocycles. The Morgan fingerprint density at radius 2 is 1.76 bits per heavy atom. The highest BCUT2D eigenvalue weighted by Crippen LogP contribution is 2.28. The lowest BCUT2D eigenvalue weighted by Gasteiger charge is -2.24. The van der Waals surface area contributed by atoms with E-state index in [-0.39, 0.29) is 0 Å². The molecule has 0 spiro atoms. The van der Waals surface area contributed by atoms with Crippen LogP contribution in [0.5, 0.6) is 0 Å². The van der Waals surface area contributed by atoms with Gasteiger partial charge in [0.05, 0.1) is 0 Å². The molecule has 0 saturated carbocycles. The van der Waals surface area contributed by atoms with E-state index < -0.39 is 11.7 Å². The molecule has 25 heavy (non-hydrogen) atoms. The molecule has 1 amide bonds. The van der Waals surface area contributed by atoms with Gasteiger partial charge in [0.25, 0.3) is 0 Å². The summed E-state index contributed by atoms with van der Waals surface area (Å²) in [4.78, 5) is 23.7. The zero-order valence-electron chi connectivity index (χ0n) is 15.3. The predicted octanol–water partition coefficient (Wildman–Crippen LogP) is 4.47. The summed E-state index contributed by atoms with van der Waals surface area (Å²) in [5, 5.41) is 0.875. The van der Waals surface area contributed by atoms with E-state index >= 15 is 0 Å². The molecule has 0 aliphatic rings. The van der Waals surface area contributed by atoms with Crippen molar-refractivity contribution in [3.63, 3.8) is 0 Å². The Labute approximate surface area is 151 Å². The SMILES string of the molecule is Cc1ccc(C)n1-c1nc2ccc(N(C)C(=O)OC(C)(C)C)nc2s1. The second kappa shape index (κ2) is 6.15. The minimum atomic E-state index is -0.545. The van der Waals surface area contributed by atoms with Gasteiger partial charge >= 0.3 is 6.09 Å². The zero-order valence-corrected chi connectivity index (χ0v) is 16.1. The van der Waals surface area contributed by atoms with Crippen molar-refractivity contribution < 1.29 is 9.53 Å². The summed E-state index contributed by atoms with van der Waals surface area (Å²) in [5.41, 5.74) is 2.52. The Bertz CT molecular complexity index is 917. The maximum atomic E-state index is 12.2. The Balaban J connectivity index is 1.94. The van der Waals surface area contributed by atoms with Crippen molar-refractivity contribution in [3.05, 3.63) is 35.7 Å². The normalized spacial score (nSPS) is 11.8. The first kappa shape index (κ1) is 17.4. The molecule has 0 fully saturated rings. The Morgan fingerprint density at radius 3 is 2.36 bits per heavy atom. The quantitative estimate of drug-likeness (QED) is 0.678. The molecule has 132 valence electrons. The number of carbonyl (C=O) groups excluding carboxylic acids is 1. The Hall–Kier alpha value is -2.41. The Morgan fingerprint density at radius 1 is 1.12 bits per heavy atom. The summed E-state index contributed by atoms with van der Waals surface area (Å²) < 4.78 is 7.49. The van der Waals surface area contributed by atoms with E-state index in [2.05, 4.69) is 26.7 Å². The molecular formula is C18H22N4O2S. The number of thiazole rings is 1. The van der Waals surface area contributed by atoms with E-state index in [9.17, 15) is 4.79 Å². The van der Waals surface area contributed by atoms with Gasteiger partial charge in [-0.25, -0.2) is 14.8 Å². The van der Waals surface area contributed by atoms with Crippen LogP contribution in [0.4, 0.5) is 10.6 Å². The lowest BCUT2D eigenvalue weighted by Crippen LogP contribution is -2.34. The highest BCUT2D eigenvalue weighted by Gasteiger charge is 2.22. The Kier molecular flexibility index (Phi) is 4.28. The third kappa shape index (κ3) is 3.51. The van der Waals surface area contributed by atoms with E-state index in [0.29, 0.717) is 5.82 Å². The van der Waals surface area contributed by atoms with Crippen molar-refractivity contribution in [2.75, 3.05) is 11.9 Å². The molecule has 0 aliphatic carbocycles. The summed E-state index contributed by atoms with van der Waals surface area (Å²) in [5.74, 6) is 0.540. The molecule has 0 atom stereocenters. The molecule has 6 nitrogen and oxygen atoms in total. The average Bonchev–Trinajstić information content (AvgIpc) is 3.06. The van der Waals surface area contributed by atoms with Crippen LogP contribution in [-0.2, 0) is 4.74 Å². The molecule has 0 bridgehead atoms. The second-order valence-electron chi connectivity index (χ2n) is 6.98. The number of anilines is 1. The van der Waals surface area contributed by atoms with E-state index in [1.54, 1.807) is 13.1 Å². The molecule has 7 heteroatoms. The minimum Gasteiger partial charge on any atom is -0.443 e. The van der Waals surface area contributed by atoms with Gasteiger partial charge in [-0.05, 0) is 58.9 Å². The van der Waals surface area contributed by atoms with Crippen LogP contribution in [0, 0.1) is 13.8 Å². The van der Waals surface area contributed by atoms with Crippen molar-refractivity contribution in [2.45, 2.75) is 40.2 Å². The summed E-state index contributed by atoms with van der Waals surface area (Å²) >= 11 is 1.50. The van der Waals surface area contributed by atoms with Gasteiger partial charge in [-0.2, -0.15) is 0 Å². The lowest BCUT2D eigenvalue weighted by atomic mass is 10.2. The summed E-state index contributed by atoms with van der Waals surface area (Å²) in [7, 11) is 1.66. The van der Waals surface area contributed by atoms with Crippen molar-refractivity contribution in [1.29, 1.82) is 0 Å². The number of carbonyl (C=O) groups is 1. The second-order valence-corrected chi connectivity index (χ2v) is 7.94. The largest absolute Gasteiger partial charge is 0.443 e. The van der Waals surface area contributed by atoms with Crippen molar-refractivity contribution in [1.82, 2.24) is 14.5 Å². The lowest BCUT2D eigenvalue weighted by molar-refractivity contribution is 0.0588. The van der Waals surface area contributed by atoms with Crippen LogP contribution in [0.1, 0.15) is 32.2 Å². The van der Waals surface area contributed by atoms with Gasteiger partial charge < -0.3 is 4.74 Å². The topological polar surface area (TPSA) is 60.2 Å². The van der Waals surface area contributed by atoms with Crippen molar-refractivity contribution in [2.24, 2.45) is 0 Å². The monoisotopic (exact) mass is 358 g/mol. The third-order valence-electron chi connectivity index (χ3n) is 3.70. The molecule has 0 aromatic carbocycles. The number of amides is 1. The predicted molar refractivity (Wildman–Crippen MR) is 101 cm³/mol. The number of hydrogen-bond acceptors (Lipinski definition) is 5. The van der Waals surface area contributed by atoms with Gasteiger partial charge in [0.1, 0.15) is 21.8 Å². The number of aryl methyl sites for hydroxylation is 2. The average molecular weight is 358 g/mol. The van der Waals surface area contributed by atoms with E-state index in [1.165, 1.54) is 16.2 Å². The number of aromatic nitrogens is 3. The molecule has 3 aromatic heterocycles. The summed E-state index contributed by atoms with van der Waals surface area (Å²) in [6.45, 7) is 9.62. The minimum absolute atomic E-state index is 0.429. The zero-order chi connectivity index (χ0) is 18.4. The molecular weight excluding hydrogens is 336 g/mol. The first-order valence-corrected chi connectivity index (χ1v) is 8.87. The van der Waals surface area contributed by atoms with Crippen LogP contribution in [0.25, 0.3) is 15.5 Å². The smallest absolute Gasteiger partial charge is 0.415 e. The third-order valence-corrected chi connectivity index (χ3v) is 4.65. The van der Waals surface area contributed by atoms with Crippen LogP contribution >= 0.6 is 11.3 Å². The molecule has 3 rings (SSSR count). The maximum absolute atomic E-state index is 12.2. The number of hydrogen-bond donors (Lipinski definition) is 0. The molecule has 0 unspecified atom stereocenters. The van der Waals surface area contributed by atoms with E-state index in [1.807, 2.05) is 40.7 Å². The van der Waals surface area contributed by atoms with Crippen molar-refractivity contribution in [3.8, 4) is 5.13 Å². The van der Waals surface area contributed by atoms with Crippen LogP contribution in [-0.4, -0.2) is 33.3 Å². The fourth-order valence-electron chi connectivity index (χ4n) is 2.47. The van der Waals surface area contributed by atoms with Gasteiger partial charge in [0, 0.05) is 18.4 Å². The fraction of sp³-hybridized carbons (Fsp3) is 0.389. The summed E-state index contributed by atoms with van der Waals surface area (Å²) in [6, 6.07) is 7.80. The number of rotatable bonds is 2. The van der Waals surface area contributed by atoms with Gasteiger partial charge in [0.2, 0.25) is 0 Å². The molecule has 3 aromatic rings. The van der Waals surface area contributed by atoms with Crippen LogP contribution in [0.15, 0.2) is 24.3 Å².